The quantitative estimate of drug-likeness (QED) is 0.216. The van der Waals surface area contributed by atoms with Crippen LogP contribution in [0, 0.1) is 29.1 Å². The minimum absolute atomic E-state index is 0.0306. The molecule has 1 aromatic carbocycles. The molecular weight excluding hydrogens is 429 g/mol. The molecule has 0 saturated carbocycles. The van der Waals surface area contributed by atoms with Gasteiger partial charge in [0.15, 0.2) is 23.3 Å². The molecule has 1 aromatic heterocycles. The Kier molecular flexibility index (Phi) is 6.74. The van der Waals surface area contributed by atoms with E-state index in [0.717, 1.165) is 35.5 Å². The average Bonchev–Trinajstić information content (AvgIpc) is 2.89. The number of fused-ring (bicyclic) bond motifs is 1. The van der Waals surface area contributed by atoms with Crippen molar-refractivity contribution < 1.29 is 36.3 Å². The molecule has 1 aliphatic rings. The predicted molar refractivity (Wildman–Crippen MR) is 100 cm³/mol. The molecule has 0 radical (unpaired) electrons. The fraction of sp³-hybridized carbons (Fsp3) is 0.400. The van der Waals surface area contributed by atoms with Crippen molar-refractivity contribution in [1.29, 1.82) is 0 Å². The number of anilines is 1. The van der Waals surface area contributed by atoms with E-state index in [2.05, 4.69) is 5.32 Å². The van der Waals surface area contributed by atoms with Crippen LogP contribution in [0.15, 0.2) is 0 Å². The van der Waals surface area contributed by atoms with Crippen LogP contribution in [-0.2, 0) is 17.6 Å². The predicted octanol–water partition coefficient (Wildman–Crippen LogP) is 5.53. The Balaban J connectivity index is 2.03. The Bertz CT molecular complexity index is 976. The van der Waals surface area contributed by atoms with E-state index < -0.39 is 46.5 Å². The third-order valence-corrected chi connectivity index (χ3v) is 5.93. The Morgan fingerprint density at radius 2 is 1.50 bits per heavy atom. The lowest BCUT2D eigenvalue weighted by Crippen LogP contribution is -2.20. The number of thiophene rings is 1. The molecule has 0 saturated heterocycles. The van der Waals surface area contributed by atoms with Gasteiger partial charge in [-0.2, -0.15) is 0 Å². The molecule has 30 heavy (non-hydrogen) atoms. The van der Waals surface area contributed by atoms with Crippen molar-refractivity contribution in [1.82, 2.24) is 0 Å². The Hall–Kier alpha value is -2.49. The highest BCUT2D eigenvalue weighted by Crippen LogP contribution is 2.38. The first-order valence-corrected chi connectivity index (χ1v) is 10.2. The number of amides is 1. The minimum Gasteiger partial charge on any atom is -0.462 e. The molecule has 0 atom stereocenters. The van der Waals surface area contributed by atoms with E-state index in [4.69, 9.17) is 4.74 Å². The van der Waals surface area contributed by atoms with E-state index in [1.165, 1.54) is 0 Å². The SMILES string of the molecule is CCCOC(=O)c1c(NC(=O)c2c(F)c(F)c(F)c(F)c2F)sc2c1CCCCC2. The van der Waals surface area contributed by atoms with Crippen molar-refractivity contribution >= 4 is 28.2 Å². The summed E-state index contributed by atoms with van der Waals surface area (Å²) in [5, 5.41) is 2.13. The van der Waals surface area contributed by atoms with E-state index in [1.807, 2.05) is 0 Å². The molecule has 1 aliphatic carbocycles. The number of carbonyl (C=O) groups is 2. The van der Waals surface area contributed by atoms with E-state index in [-0.39, 0.29) is 17.2 Å². The molecule has 3 rings (SSSR count). The van der Waals surface area contributed by atoms with Crippen molar-refractivity contribution in [3.8, 4) is 0 Å². The summed E-state index contributed by atoms with van der Waals surface area (Å²) in [4.78, 5) is 25.9. The van der Waals surface area contributed by atoms with E-state index in [9.17, 15) is 31.5 Å². The van der Waals surface area contributed by atoms with Crippen molar-refractivity contribution in [2.75, 3.05) is 11.9 Å². The number of benzene rings is 1. The fourth-order valence-corrected chi connectivity index (χ4v) is 4.56. The zero-order valence-corrected chi connectivity index (χ0v) is 16.8. The number of esters is 1. The van der Waals surface area contributed by atoms with E-state index >= 15 is 0 Å². The molecule has 0 unspecified atom stereocenters. The summed E-state index contributed by atoms with van der Waals surface area (Å²) in [7, 11) is 0. The summed E-state index contributed by atoms with van der Waals surface area (Å²) in [5.74, 6) is -13.5. The van der Waals surface area contributed by atoms with Gasteiger partial charge in [0.2, 0.25) is 5.82 Å². The standard InChI is InChI=1S/C20H18F5NO3S/c1-2-8-29-20(28)11-9-6-4-3-5-7-10(9)30-19(11)26-18(27)12-13(21)15(23)17(25)16(24)14(12)22/h2-8H2,1H3,(H,26,27). The Morgan fingerprint density at radius 3 is 2.13 bits per heavy atom. The molecule has 0 spiro atoms. The van der Waals surface area contributed by atoms with Crippen LogP contribution in [0.1, 0.15) is 63.8 Å². The summed E-state index contributed by atoms with van der Waals surface area (Å²) >= 11 is 1.04. The maximum atomic E-state index is 14.0. The van der Waals surface area contributed by atoms with Crippen LogP contribution in [0.5, 0.6) is 0 Å². The summed E-state index contributed by atoms with van der Waals surface area (Å²) in [6, 6.07) is 0. The molecule has 1 N–H and O–H groups in total. The average molecular weight is 447 g/mol. The fourth-order valence-electron chi connectivity index (χ4n) is 3.28. The number of hydrogen-bond donors (Lipinski definition) is 1. The molecule has 0 bridgehead atoms. The number of carbonyl (C=O) groups excluding carboxylic acids is 2. The van der Waals surface area contributed by atoms with Crippen molar-refractivity contribution in [2.24, 2.45) is 0 Å². The van der Waals surface area contributed by atoms with Gasteiger partial charge in [0.1, 0.15) is 10.6 Å². The minimum atomic E-state index is -2.35. The summed E-state index contributed by atoms with van der Waals surface area (Å²) in [5.41, 5.74) is -0.850. The molecule has 10 heteroatoms. The maximum absolute atomic E-state index is 14.0. The number of rotatable bonds is 5. The lowest BCUT2D eigenvalue weighted by Gasteiger charge is -2.11. The number of halogens is 5. The van der Waals surface area contributed by atoms with Gasteiger partial charge in [-0.25, -0.2) is 26.7 Å². The van der Waals surface area contributed by atoms with Crippen molar-refractivity contribution in [3.05, 3.63) is 50.7 Å². The van der Waals surface area contributed by atoms with Crippen LogP contribution in [0.2, 0.25) is 0 Å². The molecule has 1 heterocycles. The molecule has 1 amide bonds. The zero-order chi connectivity index (χ0) is 22.0. The number of nitrogens with one attached hydrogen (secondary N) is 1. The molecule has 2 aromatic rings. The second-order valence-electron chi connectivity index (χ2n) is 6.80. The van der Waals surface area contributed by atoms with E-state index in [1.54, 1.807) is 6.92 Å². The van der Waals surface area contributed by atoms with Gasteiger partial charge in [-0.15, -0.1) is 11.3 Å². The molecule has 4 nitrogen and oxygen atoms in total. The Labute approximate surface area is 173 Å². The van der Waals surface area contributed by atoms with Crippen LogP contribution in [0.3, 0.4) is 0 Å². The highest BCUT2D eigenvalue weighted by molar-refractivity contribution is 7.17. The van der Waals surface area contributed by atoms with Crippen LogP contribution in [-0.4, -0.2) is 18.5 Å². The first kappa shape index (κ1) is 22.2. The van der Waals surface area contributed by atoms with Crippen LogP contribution < -0.4 is 5.32 Å². The van der Waals surface area contributed by atoms with Gasteiger partial charge < -0.3 is 10.1 Å². The van der Waals surface area contributed by atoms with Gasteiger partial charge in [-0.3, -0.25) is 4.79 Å². The van der Waals surface area contributed by atoms with Gasteiger partial charge in [0.25, 0.3) is 5.91 Å². The first-order valence-electron chi connectivity index (χ1n) is 9.42. The monoisotopic (exact) mass is 447 g/mol. The van der Waals surface area contributed by atoms with Crippen LogP contribution in [0.25, 0.3) is 0 Å². The normalized spacial score (nSPS) is 13.5. The lowest BCUT2D eigenvalue weighted by atomic mass is 10.1. The topological polar surface area (TPSA) is 55.4 Å². The van der Waals surface area contributed by atoms with Gasteiger partial charge in [-0.05, 0) is 37.7 Å². The highest BCUT2D eigenvalue weighted by atomic mass is 32.1. The smallest absolute Gasteiger partial charge is 0.341 e. The number of hydrogen-bond acceptors (Lipinski definition) is 4. The molecule has 162 valence electrons. The third kappa shape index (κ3) is 4.05. The molecule has 0 aliphatic heterocycles. The van der Waals surface area contributed by atoms with Crippen LogP contribution >= 0.6 is 11.3 Å². The second-order valence-corrected chi connectivity index (χ2v) is 7.91. The largest absolute Gasteiger partial charge is 0.462 e. The van der Waals surface area contributed by atoms with Gasteiger partial charge >= 0.3 is 5.97 Å². The van der Waals surface area contributed by atoms with Crippen molar-refractivity contribution in [2.45, 2.75) is 45.4 Å². The summed E-state index contributed by atoms with van der Waals surface area (Å²) < 4.78 is 73.3. The first-order chi connectivity index (χ1) is 14.3. The lowest BCUT2D eigenvalue weighted by molar-refractivity contribution is 0.0505. The Morgan fingerprint density at radius 1 is 0.900 bits per heavy atom. The third-order valence-electron chi connectivity index (χ3n) is 4.73. The van der Waals surface area contributed by atoms with Crippen molar-refractivity contribution in [3.63, 3.8) is 0 Å². The number of ether oxygens (including phenoxy) is 1. The van der Waals surface area contributed by atoms with Crippen LogP contribution in [0.4, 0.5) is 27.0 Å². The van der Waals surface area contributed by atoms with Gasteiger partial charge in [0, 0.05) is 4.88 Å². The van der Waals surface area contributed by atoms with Gasteiger partial charge in [-0.1, -0.05) is 13.3 Å². The molecular formula is C20H18F5NO3S. The second kappa shape index (κ2) is 9.11. The zero-order valence-electron chi connectivity index (χ0n) is 16.0. The number of aryl methyl sites for hydroxylation is 1. The highest BCUT2D eigenvalue weighted by Gasteiger charge is 2.32. The maximum Gasteiger partial charge on any atom is 0.341 e. The summed E-state index contributed by atoms with van der Waals surface area (Å²) in [6.45, 7) is 1.93. The molecule has 0 fully saturated rings. The summed E-state index contributed by atoms with van der Waals surface area (Å²) in [6.07, 6.45) is 4.39. The van der Waals surface area contributed by atoms with E-state index in [0.29, 0.717) is 24.8 Å². The van der Waals surface area contributed by atoms with Gasteiger partial charge in [0.05, 0.1) is 12.2 Å².